The van der Waals surface area contributed by atoms with Gasteiger partial charge in [-0.1, -0.05) is 146 Å². The lowest BCUT2D eigenvalue weighted by molar-refractivity contribution is 0.568. The van der Waals surface area contributed by atoms with Crippen LogP contribution in [0.3, 0.4) is 0 Å². The van der Waals surface area contributed by atoms with Crippen molar-refractivity contribution in [2.45, 2.75) is 131 Å². The van der Waals surface area contributed by atoms with Crippen molar-refractivity contribution in [1.82, 2.24) is 4.98 Å². The number of nitrogens with zero attached hydrogens (tertiary/aromatic N) is 1. The molecule has 1 heterocycles. The Kier molecular flexibility index (Phi) is 8.66. The Bertz CT molecular complexity index is 1470. The fourth-order valence-electron chi connectivity index (χ4n) is 5.65. The Balaban J connectivity index is 2.25. The SMILES string of the molecule is CC(C)(C)c1cc(-c2cc(C(C)(C)C)cc(-c3cc(C(C)(C)C)cc(C(C)(C)C)c3)c2-c2cccnc2)cc(C(C)(C)C)c1. The van der Waals surface area contributed by atoms with Gasteiger partial charge in [0, 0.05) is 18.0 Å². The van der Waals surface area contributed by atoms with Crippen LogP contribution in [-0.2, 0) is 27.1 Å². The lowest BCUT2D eigenvalue weighted by Crippen LogP contribution is -2.17. The van der Waals surface area contributed by atoms with Crippen LogP contribution in [0.1, 0.15) is 132 Å². The van der Waals surface area contributed by atoms with Crippen LogP contribution >= 0.6 is 0 Å². The summed E-state index contributed by atoms with van der Waals surface area (Å²) >= 11 is 0. The summed E-state index contributed by atoms with van der Waals surface area (Å²) in [7, 11) is 0. The highest BCUT2D eigenvalue weighted by molar-refractivity contribution is 5.95. The lowest BCUT2D eigenvalue weighted by atomic mass is 9.75. The Morgan fingerprint density at radius 1 is 0.386 bits per heavy atom. The topological polar surface area (TPSA) is 12.9 Å². The Morgan fingerprint density at radius 3 is 0.977 bits per heavy atom. The molecule has 0 spiro atoms. The monoisotopic (exact) mass is 587 g/mol. The molecule has 0 atom stereocenters. The maximum absolute atomic E-state index is 4.63. The van der Waals surface area contributed by atoms with Gasteiger partial charge >= 0.3 is 0 Å². The van der Waals surface area contributed by atoms with E-state index >= 15 is 0 Å². The zero-order valence-electron chi connectivity index (χ0n) is 30.4. The number of benzene rings is 3. The standard InChI is InChI=1S/C43H57N/c1-39(2,3)31-19-29(20-32(23-31)40(4,5)6)36-25-35(43(13,14)15)26-37(38(36)28-17-16-18-44-27-28)30-21-33(41(7,8)9)24-34(22-30)42(10,11)12/h16-27H,1-15H3. The molecular formula is C43H57N. The van der Waals surface area contributed by atoms with Crippen molar-refractivity contribution in [2.24, 2.45) is 0 Å². The van der Waals surface area contributed by atoms with Crippen LogP contribution in [0, 0.1) is 0 Å². The molecule has 4 aromatic rings. The molecule has 0 aliphatic rings. The highest BCUT2D eigenvalue weighted by atomic mass is 14.6. The number of rotatable bonds is 3. The molecule has 0 saturated heterocycles. The summed E-state index contributed by atoms with van der Waals surface area (Å²) in [5.41, 5.74) is 14.4. The van der Waals surface area contributed by atoms with Gasteiger partial charge < -0.3 is 0 Å². The van der Waals surface area contributed by atoms with Gasteiger partial charge in [0.1, 0.15) is 0 Å². The van der Waals surface area contributed by atoms with Crippen molar-refractivity contribution in [3.8, 4) is 33.4 Å². The molecular weight excluding hydrogens is 530 g/mol. The third-order valence-corrected chi connectivity index (χ3v) is 8.91. The Hall–Kier alpha value is -3.19. The molecule has 0 amide bonds. The average Bonchev–Trinajstić information content (AvgIpc) is 2.90. The van der Waals surface area contributed by atoms with E-state index in [9.17, 15) is 0 Å². The maximum Gasteiger partial charge on any atom is 0.0346 e. The summed E-state index contributed by atoms with van der Waals surface area (Å²) in [5.74, 6) is 0. The quantitative estimate of drug-likeness (QED) is 0.232. The molecule has 4 rings (SSSR count). The first-order chi connectivity index (χ1) is 20.0. The second-order valence-corrected chi connectivity index (χ2v) is 18.0. The molecule has 0 unspecified atom stereocenters. The summed E-state index contributed by atoms with van der Waals surface area (Å²) in [6.07, 6.45) is 3.91. The van der Waals surface area contributed by atoms with Crippen LogP contribution in [0.15, 0.2) is 73.1 Å². The molecule has 0 aliphatic heterocycles. The van der Waals surface area contributed by atoms with Crippen LogP contribution in [0.4, 0.5) is 0 Å². The first-order valence-corrected chi connectivity index (χ1v) is 16.4. The van der Waals surface area contributed by atoms with Gasteiger partial charge in [-0.25, -0.2) is 0 Å². The van der Waals surface area contributed by atoms with Crippen molar-refractivity contribution in [3.05, 3.63) is 101 Å². The van der Waals surface area contributed by atoms with Gasteiger partial charge in [-0.3, -0.25) is 4.98 Å². The molecule has 1 heteroatoms. The van der Waals surface area contributed by atoms with Gasteiger partial charge in [0.2, 0.25) is 0 Å². The van der Waals surface area contributed by atoms with Crippen LogP contribution in [0.2, 0.25) is 0 Å². The molecule has 44 heavy (non-hydrogen) atoms. The van der Waals surface area contributed by atoms with E-state index in [2.05, 4.69) is 170 Å². The minimum absolute atomic E-state index is 0.0254. The molecule has 1 aromatic heterocycles. The van der Waals surface area contributed by atoms with E-state index in [-0.39, 0.29) is 27.1 Å². The van der Waals surface area contributed by atoms with Crippen molar-refractivity contribution in [1.29, 1.82) is 0 Å². The minimum Gasteiger partial charge on any atom is -0.264 e. The van der Waals surface area contributed by atoms with Crippen molar-refractivity contribution in [2.75, 3.05) is 0 Å². The highest BCUT2D eigenvalue weighted by Crippen LogP contribution is 2.46. The van der Waals surface area contributed by atoms with E-state index in [0.29, 0.717) is 0 Å². The normalized spacial score (nSPS) is 13.3. The summed E-state index contributed by atoms with van der Waals surface area (Å²) in [6, 6.07) is 23.8. The van der Waals surface area contributed by atoms with Crippen molar-refractivity contribution >= 4 is 0 Å². The third kappa shape index (κ3) is 7.36. The van der Waals surface area contributed by atoms with E-state index in [1.54, 1.807) is 0 Å². The number of aromatic nitrogens is 1. The molecule has 3 aromatic carbocycles. The number of hydrogen-bond acceptors (Lipinski definition) is 1. The van der Waals surface area contributed by atoms with Crippen LogP contribution in [0.5, 0.6) is 0 Å². The van der Waals surface area contributed by atoms with Gasteiger partial charge in [-0.2, -0.15) is 0 Å². The van der Waals surface area contributed by atoms with Crippen LogP contribution in [-0.4, -0.2) is 4.98 Å². The first-order valence-electron chi connectivity index (χ1n) is 16.4. The maximum atomic E-state index is 4.63. The fourth-order valence-corrected chi connectivity index (χ4v) is 5.65. The molecule has 0 fully saturated rings. The Labute approximate surface area is 269 Å². The van der Waals surface area contributed by atoms with Gasteiger partial charge in [0.15, 0.2) is 0 Å². The minimum atomic E-state index is -0.0278. The van der Waals surface area contributed by atoms with Crippen molar-refractivity contribution in [3.63, 3.8) is 0 Å². The second-order valence-electron chi connectivity index (χ2n) is 18.0. The van der Waals surface area contributed by atoms with E-state index in [1.165, 1.54) is 55.6 Å². The predicted octanol–water partition coefficient (Wildman–Crippen LogP) is 12.6. The molecule has 1 nitrogen and oxygen atoms in total. The largest absolute Gasteiger partial charge is 0.264 e. The van der Waals surface area contributed by atoms with Crippen molar-refractivity contribution < 1.29 is 0 Å². The van der Waals surface area contributed by atoms with Gasteiger partial charge in [-0.05, 0) is 101 Å². The number of hydrogen-bond donors (Lipinski definition) is 0. The molecule has 0 N–H and O–H groups in total. The molecule has 0 radical (unpaired) electrons. The van der Waals surface area contributed by atoms with E-state index < -0.39 is 0 Å². The van der Waals surface area contributed by atoms with E-state index in [0.717, 1.165) is 5.56 Å². The summed E-state index contributed by atoms with van der Waals surface area (Å²) in [4.78, 5) is 4.63. The van der Waals surface area contributed by atoms with E-state index in [1.807, 2.05) is 12.4 Å². The molecule has 0 bridgehead atoms. The van der Waals surface area contributed by atoms with Gasteiger partial charge in [-0.15, -0.1) is 0 Å². The van der Waals surface area contributed by atoms with Crippen LogP contribution in [0.25, 0.3) is 33.4 Å². The molecule has 0 aliphatic carbocycles. The number of pyridine rings is 1. The zero-order valence-corrected chi connectivity index (χ0v) is 30.4. The predicted molar refractivity (Wildman–Crippen MR) is 194 cm³/mol. The average molecular weight is 588 g/mol. The van der Waals surface area contributed by atoms with E-state index in [4.69, 9.17) is 0 Å². The Morgan fingerprint density at radius 2 is 0.705 bits per heavy atom. The summed E-state index contributed by atoms with van der Waals surface area (Å²) < 4.78 is 0. The second kappa shape index (κ2) is 11.3. The zero-order chi connectivity index (χ0) is 33.0. The van der Waals surface area contributed by atoms with Gasteiger partial charge in [0.25, 0.3) is 0 Å². The van der Waals surface area contributed by atoms with Gasteiger partial charge in [0.05, 0.1) is 0 Å². The third-order valence-electron chi connectivity index (χ3n) is 8.91. The fraction of sp³-hybridized carbons (Fsp3) is 0.465. The highest BCUT2D eigenvalue weighted by Gasteiger charge is 2.27. The molecule has 0 saturated carbocycles. The van der Waals surface area contributed by atoms with Crippen LogP contribution < -0.4 is 0 Å². The summed E-state index contributed by atoms with van der Waals surface area (Å²) in [6.45, 7) is 34.9. The summed E-state index contributed by atoms with van der Waals surface area (Å²) in [5, 5.41) is 0. The smallest absolute Gasteiger partial charge is 0.0346 e. The molecule has 234 valence electrons. The lowest BCUT2D eigenvalue weighted by Gasteiger charge is -2.30. The first kappa shape index (κ1) is 33.7.